The van der Waals surface area contributed by atoms with Gasteiger partial charge in [0.2, 0.25) is 0 Å². The number of aryl methyl sites for hydroxylation is 1. The highest BCUT2D eigenvalue weighted by molar-refractivity contribution is 5.50. The van der Waals surface area contributed by atoms with Gasteiger partial charge in [0.25, 0.3) is 0 Å². The van der Waals surface area contributed by atoms with Crippen molar-refractivity contribution >= 4 is 11.6 Å². The van der Waals surface area contributed by atoms with E-state index in [4.69, 9.17) is 0 Å². The molecule has 1 aromatic carbocycles. The smallest absolute Gasteiger partial charge is 0.134 e. The maximum Gasteiger partial charge on any atom is 0.134 e. The van der Waals surface area contributed by atoms with Crippen LogP contribution in [-0.2, 0) is 0 Å². The van der Waals surface area contributed by atoms with Crippen LogP contribution in [0.4, 0.5) is 11.6 Å². The summed E-state index contributed by atoms with van der Waals surface area (Å²) in [7, 11) is 2.09. The fourth-order valence-corrected chi connectivity index (χ4v) is 2.38. The molecule has 118 valence electrons. The second-order valence-corrected chi connectivity index (χ2v) is 5.71. The second-order valence-electron chi connectivity index (χ2n) is 5.71. The Labute approximate surface area is 133 Å². The van der Waals surface area contributed by atoms with Crippen LogP contribution < -0.4 is 10.2 Å². The number of aromatic nitrogens is 2. The van der Waals surface area contributed by atoms with E-state index in [0.29, 0.717) is 0 Å². The second kappa shape index (κ2) is 7.78. The first-order chi connectivity index (χ1) is 10.6. The topological polar surface area (TPSA) is 41.0 Å². The zero-order valence-electron chi connectivity index (χ0n) is 14.0. The van der Waals surface area contributed by atoms with Gasteiger partial charge < -0.3 is 10.2 Å². The third-order valence-corrected chi connectivity index (χ3v) is 3.73. The van der Waals surface area contributed by atoms with E-state index in [2.05, 4.69) is 65.3 Å². The van der Waals surface area contributed by atoms with Gasteiger partial charge >= 0.3 is 0 Å². The van der Waals surface area contributed by atoms with Crippen molar-refractivity contribution in [3.8, 4) is 0 Å². The Hall–Kier alpha value is -2.10. The zero-order valence-corrected chi connectivity index (χ0v) is 14.0. The van der Waals surface area contributed by atoms with E-state index in [1.54, 1.807) is 0 Å². The first-order valence-corrected chi connectivity index (χ1v) is 7.98. The lowest BCUT2D eigenvalue weighted by atomic mass is 10.1. The number of hydrogen-bond donors (Lipinski definition) is 1. The molecular weight excluding hydrogens is 272 g/mol. The van der Waals surface area contributed by atoms with Gasteiger partial charge in [-0.2, -0.15) is 0 Å². The van der Waals surface area contributed by atoms with E-state index in [9.17, 15) is 0 Å². The van der Waals surface area contributed by atoms with Crippen molar-refractivity contribution < 1.29 is 0 Å². The molecule has 0 saturated carbocycles. The Morgan fingerprint density at radius 3 is 2.59 bits per heavy atom. The van der Waals surface area contributed by atoms with Crippen molar-refractivity contribution in [2.24, 2.45) is 0 Å². The van der Waals surface area contributed by atoms with Crippen LogP contribution in [0.25, 0.3) is 0 Å². The summed E-state index contributed by atoms with van der Waals surface area (Å²) in [5.74, 6) is 2.65. The number of anilines is 2. The number of unbranched alkanes of at least 4 members (excludes halogenated alkanes) is 1. The molecule has 0 saturated heterocycles. The van der Waals surface area contributed by atoms with E-state index in [-0.39, 0.29) is 6.04 Å². The Kier molecular flexibility index (Phi) is 5.75. The summed E-state index contributed by atoms with van der Waals surface area (Å²) >= 11 is 0. The van der Waals surface area contributed by atoms with Crippen molar-refractivity contribution in [3.05, 3.63) is 47.8 Å². The van der Waals surface area contributed by atoms with E-state index < -0.39 is 0 Å². The minimum Gasteiger partial charge on any atom is -0.363 e. The SMILES string of the molecule is CCCCN(C)c1cc(NC(C)c2ccccc2)nc(C)n1. The molecule has 0 fully saturated rings. The molecule has 1 unspecified atom stereocenters. The van der Waals surface area contributed by atoms with E-state index in [1.807, 2.05) is 19.1 Å². The average molecular weight is 298 g/mol. The molecule has 0 radical (unpaired) electrons. The number of rotatable bonds is 7. The van der Waals surface area contributed by atoms with Crippen molar-refractivity contribution in [3.63, 3.8) is 0 Å². The molecule has 1 N–H and O–H groups in total. The minimum absolute atomic E-state index is 0.212. The molecule has 1 heterocycles. The highest BCUT2D eigenvalue weighted by Gasteiger charge is 2.09. The van der Waals surface area contributed by atoms with Gasteiger partial charge in [-0.1, -0.05) is 43.7 Å². The molecule has 4 nitrogen and oxygen atoms in total. The normalized spacial score (nSPS) is 12.0. The molecule has 2 rings (SSSR count). The zero-order chi connectivity index (χ0) is 15.9. The van der Waals surface area contributed by atoms with Crippen LogP contribution in [0.5, 0.6) is 0 Å². The first kappa shape index (κ1) is 16.3. The van der Waals surface area contributed by atoms with Crippen LogP contribution in [0.15, 0.2) is 36.4 Å². The van der Waals surface area contributed by atoms with E-state index in [1.165, 1.54) is 18.4 Å². The van der Waals surface area contributed by atoms with Gasteiger partial charge in [-0.05, 0) is 25.8 Å². The lowest BCUT2D eigenvalue weighted by Gasteiger charge is -2.20. The molecule has 0 aliphatic carbocycles. The summed E-state index contributed by atoms with van der Waals surface area (Å²) in [6.45, 7) is 7.30. The Balaban J connectivity index is 2.12. The predicted octanol–water partition coefficient (Wildman–Crippen LogP) is 4.19. The summed E-state index contributed by atoms with van der Waals surface area (Å²) in [4.78, 5) is 11.2. The summed E-state index contributed by atoms with van der Waals surface area (Å²) in [5.41, 5.74) is 1.25. The van der Waals surface area contributed by atoms with Crippen LogP contribution in [-0.4, -0.2) is 23.6 Å². The van der Waals surface area contributed by atoms with Crippen LogP contribution >= 0.6 is 0 Å². The van der Waals surface area contributed by atoms with Crippen molar-refractivity contribution in [2.75, 3.05) is 23.8 Å². The predicted molar refractivity (Wildman–Crippen MR) is 93.4 cm³/mol. The molecular formula is C18H26N4. The summed E-state index contributed by atoms with van der Waals surface area (Å²) in [6.07, 6.45) is 2.35. The van der Waals surface area contributed by atoms with Crippen molar-refractivity contribution in [1.82, 2.24) is 9.97 Å². The van der Waals surface area contributed by atoms with Gasteiger partial charge in [0.15, 0.2) is 0 Å². The molecule has 0 spiro atoms. The van der Waals surface area contributed by atoms with E-state index >= 15 is 0 Å². The van der Waals surface area contributed by atoms with Crippen LogP contribution in [0.1, 0.15) is 44.1 Å². The summed E-state index contributed by atoms with van der Waals surface area (Å²) in [6, 6.07) is 12.6. The molecule has 2 aromatic rings. The van der Waals surface area contributed by atoms with Crippen molar-refractivity contribution in [2.45, 2.75) is 39.7 Å². The maximum absolute atomic E-state index is 4.54. The minimum atomic E-state index is 0.212. The molecule has 1 atom stereocenters. The van der Waals surface area contributed by atoms with Gasteiger partial charge in [0.1, 0.15) is 17.5 Å². The largest absolute Gasteiger partial charge is 0.363 e. The molecule has 4 heteroatoms. The fraction of sp³-hybridized carbons (Fsp3) is 0.444. The lowest BCUT2D eigenvalue weighted by molar-refractivity contribution is 0.755. The Morgan fingerprint density at radius 2 is 1.91 bits per heavy atom. The van der Waals surface area contributed by atoms with E-state index in [0.717, 1.165) is 24.0 Å². The maximum atomic E-state index is 4.54. The molecule has 0 aliphatic heterocycles. The molecule has 1 aromatic heterocycles. The molecule has 22 heavy (non-hydrogen) atoms. The third kappa shape index (κ3) is 4.45. The number of nitrogens with one attached hydrogen (secondary N) is 1. The van der Waals surface area contributed by atoms with Crippen LogP contribution in [0, 0.1) is 6.92 Å². The van der Waals surface area contributed by atoms with Gasteiger partial charge in [0.05, 0.1) is 0 Å². The number of benzene rings is 1. The highest BCUT2D eigenvalue weighted by Crippen LogP contribution is 2.21. The quantitative estimate of drug-likeness (QED) is 0.832. The first-order valence-electron chi connectivity index (χ1n) is 7.98. The Morgan fingerprint density at radius 1 is 1.18 bits per heavy atom. The standard InChI is InChI=1S/C18H26N4/c1-5-6-12-22(4)18-13-17(20-15(3)21-18)19-14(2)16-10-8-7-9-11-16/h7-11,13-14H,5-6,12H2,1-4H3,(H,19,20,21). The molecule has 0 aliphatic rings. The fourth-order valence-electron chi connectivity index (χ4n) is 2.38. The van der Waals surface area contributed by atoms with Gasteiger partial charge in [0, 0.05) is 25.7 Å². The highest BCUT2D eigenvalue weighted by atomic mass is 15.2. The van der Waals surface area contributed by atoms with Gasteiger partial charge in [-0.3, -0.25) is 0 Å². The number of nitrogens with zero attached hydrogens (tertiary/aromatic N) is 3. The summed E-state index contributed by atoms with van der Waals surface area (Å²) in [5, 5.41) is 3.47. The molecule has 0 amide bonds. The monoisotopic (exact) mass is 298 g/mol. The average Bonchev–Trinajstić information content (AvgIpc) is 2.52. The third-order valence-electron chi connectivity index (χ3n) is 3.73. The molecule has 0 bridgehead atoms. The number of hydrogen-bond acceptors (Lipinski definition) is 4. The lowest BCUT2D eigenvalue weighted by Crippen LogP contribution is -2.20. The Bertz CT molecular complexity index is 583. The van der Waals surface area contributed by atoms with Crippen molar-refractivity contribution in [1.29, 1.82) is 0 Å². The van der Waals surface area contributed by atoms with Crippen LogP contribution in [0.3, 0.4) is 0 Å². The summed E-state index contributed by atoms with van der Waals surface area (Å²) < 4.78 is 0. The van der Waals surface area contributed by atoms with Gasteiger partial charge in [-0.15, -0.1) is 0 Å². The van der Waals surface area contributed by atoms with Crippen LogP contribution in [0.2, 0.25) is 0 Å². The van der Waals surface area contributed by atoms with Gasteiger partial charge in [-0.25, -0.2) is 9.97 Å².